The SMILES string of the molecule is COc1ccc(-c2nnn(CC(=O)N(Cc3cccs3)[C@@H](C(=O)NC[C@H]3CCCO3)c3ccc(F)cc3)n2)cc1OC. The number of halogens is 1. The summed E-state index contributed by atoms with van der Waals surface area (Å²) in [4.78, 5) is 31.1. The van der Waals surface area contributed by atoms with E-state index in [9.17, 15) is 14.0 Å². The van der Waals surface area contributed by atoms with Crippen LogP contribution in [0.2, 0.25) is 0 Å². The van der Waals surface area contributed by atoms with Crippen LogP contribution >= 0.6 is 11.3 Å². The molecule has 2 amide bonds. The second-order valence-electron chi connectivity index (χ2n) is 9.65. The van der Waals surface area contributed by atoms with Gasteiger partial charge in [0, 0.05) is 23.6 Å². The lowest BCUT2D eigenvalue weighted by molar-refractivity contribution is -0.142. The molecule has 2 aromatic heterocycles. The van der Waals surface area contributed by atoms with Gasteiger partial charge < -0.3 is 24.4 Å². The summed E-state index contributed by atoms with van der Waals surface area (Å²) < 4.78 is 30.2. The van der Waals surface area contributed by atoms with Crippen LogP contribution in [-0.2, 0) is 27.4 Å². The number of ether oxygens (including phenoxy) is 3. The van der Waals surface area contributed by atoms with Gasteiger partial charge in [-0.1, -0.05) is 18.2 Å². The Morgan fingerprint density at radius 1 is 1.17 bits per heavy atom. The van der Waals surface area contributed by atoms with Crippen molar-refractivity contribution in [3.63, 3.8) is 0 Å². The zero-order chi connectivity index (χ0) is 29.5. The number of tetrazole rings is 1. The van der Waals surface area contributed by atoms with Crippen LogP contribution in [0.1, 0.15) is 29.3 Å². The maximum Gasteiger partial charge on any atom is 0.247 e. The Kier molecular flexibility index (Phi) is 9.39. The summed E-state index contributed by atoms with van der Waals surface area (Å²) in [5.41, 5.74) is 1.10. The van der Waals surface area contributed by atoms with Gasteiger partial charge in [0.15, 0.2) is 11.5 Å². The number of thiophene rings is 1. The average molecular weight is 595 g/mol. The lowest BCUT2D eigenvalue weighted by Gasteiger charge is -2.31. The number of carbonyl (C=O) groups excluding carboxylic acids is 2. The van der Waals surface area contributed by atoms with Crippen molar-refractivity contribution in [1.29, 1.82) is 0 Å². The molecule has 0 bridgehead atoms. The van der Waals surface area contributed by atoms with Crippen molar-refractivity contribution in [3.05, 3.63) is 76.2 Å². The minimum Gasteiger partial charge on any atom is -0.493 e. The first-order chi connectivity index (χ1) is 20.4. The fourth-order valence-electron chi connectivity index (χ4n) is 4.74. The Labute approximate surface area is 246 Å². The highest BCUT2D eigenvalue weighted by Crippen LogP contribution is 2.31. The van der Waals surface area contributed by atoms with Gasteiger partial charge in [-0.2, -0.15) is 4.80 Å². The van der Waals surface area contributed by atoms with Crippen molar-refractivity contribution in [3.8, 4) is 22.9 Å². The first-order valence-electron chi connectivity index (χ1n) is 13.4. The van der Waals surface area contributed by atoms with E-state index in [1.165, 1.54) is 52.4 Å². The van der Waals surface area contributed by atoms with Crippen LogP contribution in [0.15, 0.2) is 60.0 Å². The monoisotopic (exact) mass is 594 g/mol. The minimum absolute atomic E-state index is 0.0846. The largest absolute Gasteiger partial charge is 0.493 e. The van der Waals surface area contributed by atoms with Crippen molar-refractivity contribution >= 4 is 23.2 Å². The number of amides is 2. The molecule has 3 heterocycles. The van der Waals surface area contributed by atoms with Crippen LogP contribution in [0, 0.1) is 5.82 Å². The number of benzene rings is 2. The van der Waals surface area contributed by atoms with E-state index in [2.05, 4.69) is 20.7 Å². The zero-order valence-corrected chi connectivity index (χ0v) is 24.1. The highest BCUT2D eigenvalue weighted by atomic mass is 32.1. The Morgan fingerprint density at radius 2 is 1.98 bits per heavy atom. The third-order valence-corrected chi connectivity index (χ3v) is 7.73. The first kappa shape index (κ1) is 29.1. The number of nitrogens with one attached hydrogen (secondary N) is 1. The van der Waals surface area contributed by atoms with Crippen molar-refractivity contribution in [2.24, 2.45) is 0 Å². The molecule has 0 radical (unpaired) electrons. The number of rotatable bonds is 12. The van der Waals surface area contributed by atoms with E-state index in [0.717, 1.165) is 17.7 Å². The van der Waals surface area contributed by atoms with Crippen LogP contribution in [0.4, 0.5) is 4.39 Å². The van der Waals surface area contributed by atoms with Gasteiger partial charge in [-0.15, -0.1) is 21.5 Å². The fraction of sp³-hybridized carbons (Fsp3) is 0.345. The van der Waals surface area contributed by atoms with Gasteiger partial charge in [-0.3, -0.25) is 9.59 Å². The van der Waals surface area contributed by atoms with E-state index in [4.69, 9.17) is 14.2 Å². The molecular weight excluding hydrogens is 563 g/mol. The van der Waals surface area contributed by atoms with Gasteiger partial charge in [0.1, 0.15) is 18.4 Å². The number of methoxy groups -OCH3 is 2. The molecule has 0 unspecified atom stereocenters. The standard InChI is InChI=1S/C29H31FN6O5S/c1-39-24-12-9-20(15-25(24)40-2)28-32-34-36(33-28)18-26(37)35(17-23-6-4-14-42-23)27(19-7-10-21(30)11-8-19)29(38)31-16-22-5-3-13-41-22/h4,6-12,14-15,22,27H,3,5,13,16-18H2,1-2H3,(H,31,38)/t22-,27-/m1/s1. The molecule has 1 fully saturated rings. The molecule has 0 aliphatic carbocycles. The molecule has 0 saturated carbocycles. The summed E-state index contributed by atoms with van der Waals surface area (Å²) in [5.74, 6) is 0.0973. The number of aromatic nitrogens is 4. The minimum atomic E-state index is -1.03. The van der Waals surface area contributed by atoms with Gasteiger partial charge in [0.25, 0.3) is 0 Å². The molecule has 1 aliphatic rings. The Morgan fingerprint density at radius 3 is 2.67 bits per heavy atom. The molecule has 2 aromatic carbocycles. The fourth-order valence-corrected chi connectivity index (χ4v) is 5.44. The number of carbonyl (C=O) groups is 2. The third kappa shape index (κ3) is 6.92. The first-order valence-corrected chi connectivity index (χ1v) is 14.3. The van der Waals surface area contributed by atoms with Gasteiger partial charge in [-0.25, -0.2) is 4.39 Å². The molecule has 1 aliphatic heterocycles. The Balaban J connectivity index is 1.41. The van der Waals surface area contributed by atoms with Crippen LogP contribution in [0.3, 0.4) is 0 Å². The molecule has 11 nitrogen and oxygen atoms in total. The third-order valence-electron chi connectivity index (χ3n) is 6.87. The molecule has 1 saturated heterocycles. The topological polar surface area (TPSA) is 121 Å². The molecule has 4 aromatic rings. The van der Waals surface area contributed by atoms with E-state index in [-0.39, 0.29) is 30.9 Å². The number of hydrogen-bond donors (Lipinski definition) is 1. The predicted octanol–water partition coefficient (Wildman–Crippen LogP) is 3.62. The molecular formula is C29H31FN6O5S. The van der Waals surface area contributed by atoms with E-state index in [0.29, 0.717) is 35.8 Å². The summed E-state index contributed by atoms with van der Waals surface area (Å²) in [6.45, 7) is 0.851. The summed E-state index contributed by atoms with van der Waals surface area (Å²) in [7, 11) is 3.07. The van der Waals surface area contributed by atoms with Crippen LogP contribution in [0.5, 0.6) is 11.5 Å². The highest BCUT2D eigenvalue weighted by molar-refractivity contribution is 7.09. The highest BCUT2D eigenvalue weighted by Gasteiger charge is 2.33. The summed E-state index contributed by atoms with van der Waals surface area (Å²) in [6.07, 6.45) is 1.69. The van der Waals surface area contributed by atoms with Crippen molar-refractivity contribution in [2.45, 2.75) is 38.1 Å². The zero-order valence-electron chi connectivity index (χ0n) is 23.2. The van der Waals surface area contributed by atoms with Crippen molar-refractivity contribution < 1.29 is 28.2 Å². The Bertz CT molecular complexity index is 1490. The van der Waals surface area contributed by atoms with Gasteiger partial charge in [-0.05, 0) is 65.4 Å². The average Bonchev–Trinajstić information content (AvgIpc) is 3.80. The molecule has 1 N–H and O–H groups in total. The van der Waals surface area contributed by atoms with Gasteiger partial charge >= 0.3 is 0 Å². The van der Waals surface area contributed by atoms with E-state index in [1.807, 2.05) is 17.5 Å². The van der Waals surface area contributed by atoms with Gasteiger partial charge in [0.2, 0.25) is 17.6 Å². The second-order valence-corrected chi connectivity index (χ2v) is 10.7. The van der Waals surface area contributed by atoms with Crippen LogP contribution in [0.25, 0.3) is 11.4 Å². The molecule has 42 heavy (non-hydrogen) atoms. The lowest BCUT2D eigenvalue weighted by Crippen LogP contribution is -2.46. The maximum absolute atomic E-state index is 13.9. The summed E-state index contributed by atoms with van der Waals surface area (Å²) >= 11 is 1.47. The predicted molar refractivity (Wildman–Crippen MR) is 152 cm³/mol. The molecule has 220 valence electrons. The van der Waals surface area contributed by atoms with Crippen LogP contribution < -0.4 is 14.8 Å². The van der Waals surface area contributed by atoms with Crippen LogP contribution in [-0.4, -0.2) is 70.4 Å². The van der Waals surface area contributed by atoms with Crippen molar-refractivity contribution in [2.75, 3.05) is 27.4 Å². The lowest BCUT2D eigenvalue weighted by atomic mass is 10.0. The maximum atomic E-state index is 13.9. The quantitative estimate of drug-likeness (QED) is 0.264. The molecule has 13 heteroatoms. The normalized spacial score (nSPS) is 15.3. The molecule has 2 atom stereocenters. The molecule has 5 rings (SSSR count). The molecule has 0 spiro atoms. The van der Waals surface area contributed by atoms with Crippen molar-refractivity contribution in [1.82, 2.24) is 30.4 Å². The van der Waals surface area contributed by atoms with E-state index < -0.39 is 17.8 Å². The summed E-state index contributed by atoms with van der Waals surface area (Å²) in [5, 5.41) is 17.4. The number of hydrogen-bond acceptors (Lipinski definition) is 9. The van der Waals surface area contributed by atoms with Gasteiger partial charge in [0.05, 0.1) is 26.9 Å². The van der Waals surface area contributed by atoms with E-state index in [1.54, 1.807) is 25.3 Å². The smallest absolute Gasteiger partial charge is 0.247 e. The van der Waals surface area contributed by atoms with E-state index >= 15 is 0 Å². The number of nitrogens with zero attached hydrogens (tertiary/aromatic N) is 5. The Hall–Kier alpha value is -4.36. The second kappa shape index (κ2) is 13.5. The summed E-state index contributed by atoms with van der Waals surface area (Å²) in [6, 6.07) is 13.5.